The first-order valence-electron chi connectivity index (χ1n) is 9.38. The van der Waals surface area contributed by atoms with Crippen LogP contribution in [0, 0.1) is 5.92 Å². The van der Waals surface area contributed by atoms with Gasteiger partial charge in [0.05, 0.1) is 12.8 Å². The Balaban J connectivity index is 1.56. The van der Waals surface area contributed by atoms with E-state index in [2.05, 4.69) is 17.2 Å². The number of urea groups is 1. The fourth-order valence-corrected chi connectivity index (χ4v) is 3.77. The highest BCUT2D eigenvalue weighted by molar-refractivity contribution is 6.28. The largest absolute Gasteiger partial charge is 0.497 e. The van der Waals surface area contributed by atoms with Crippen LogP contribution in [0.3, 0.4) is 0 Å². The second kappa shape index (κ2) is 7.43. The highest BCUT2D eigenvalue weighted by Gasteiger charge is 2.43. The fraction of sp³-hybridized carbons (Fsp3) is 0.227. The van der Waals surface area contributed by atoms with Crippen molar-refractivity contribution in [2.45, 2.75) is 19.3 Å². The molecule has 2 N–H and O–H groups in total. The quantitative estimate of drug-likeness (QED) is 0.765. The van der Waals surface area contributed by atoms with E-state index < -0.39 is 23.8 Å². The van der Waals surface area contributed by atoms with Crippen LogP contribution in [0.25, 0.3) is 0 Å². The zero-order valence-electron chi connectivity index (χ0n) is 16.0. The lowest BCUT2D eigenvalue weighted by atomic mass is 10.00. The van der Waals surface area contributed by atoms with E-state index in [0.29, 0.717) is 11.4 Å². The van der Waals surface area contributed by atoms with Crippen molar-refractivity contribution in [3.8, 4) is 5.75 Å². The monoisotopic (exact) mass is 391 g/mol. The number of hydrogen-bond acceptors (Lipinski definition) is 5. The molecule has 148 valence electrons. The molecule has 7 nitrogen and oxygen atoms in total. The maximum atomic E-state index is 13.0. The molecule has 1 fully saturated rings. The molecule has 1 saturated heterocycles. The molecule has 2 aliphatic rings. The lowest BCUT2D eigenvalue weighted by Crippen LogP contribution is -2.59. The molecule has 2 aromatic carbocycles. The summed E-state index contributed by atoms with van der Waals surface area (Å²) in [7, 11) is 1.52. The smallest absolute Gasteiger partial charge is 0.335 e. The van der Waals surface area contributed by atoms with Gasteiger partial charge in [0.1, 0.15) is 5.75 Å². The highest BCUT2D eigenvalue weighted by Crippen LogP contribution is 2.29. The number of rotatable bonds is 5. The Kier molecular flexibility index (Phi) is 4.80. The van der Waals surface area contributed by atoms with Gasteiger partial charge in [-0.2, -0.15) is 0 Å². The van der Waals surface area contributed by atoms with E-state index >= 15 is 0 Å². The van der Waals surface area contributed by atoms with Gasteiger partial charge in [-0.05, 0) is 66.8 Å². The third-order valence-electron chi connectivity index (χ3n) is 5.25. The molecule has 4 rings (SSSR count). The molecule has 1 aliphatic heterocycles. The third-order valence-corrected chi connectivity index (χ3v) is 5.25. The molecule has 4 amide bonds. The topological polar surface area (TPSA) is 87.7 Å². The Morgan fingerprint density at radius 3 is 2.55 bits per heavy atom. The molecular weight excluding hydrogens is 370 g/mol. The number of imide groups is 2. The fourth-order valence-electron chi connectivity index (χ4n) is 3.77. The van der Waals surface area contributed by atoms with Gasteiger partial charge in [0.2, 0.25) is 5.91 Å². The number of aryl methyl sites for hydroxylation is 2. The minimum atomic E-state index is -1.22. The van der Waals surface area contributed by atoms with Crippen LogP contribution in [0.15, 0.2) is 54.7 Å². The summed E-state index contributed by atoms with van der Waals surface area (Å²) in [4.78, 5) is 38.7. The van der Waals surface area contributed by atoms with Crippen molar-refractivity contribution in [1.29, 1.82) is 0 Å². The van der Waals surface area contributed by atoms with Gasteiger partial charge in [-0.1, -0.05) is 12.6 Å². The maximum Gasteiger partial charge on any atom is 0.335 e. The lowest BCUT2D eigenvalue weighted by molar-refractivity contribution is -0.132. The van der Waals surface area contributed by atoms with Gasteiger partial charge in [0, 0.05) is 11.4 Å². The Morgan fingerprint density at radius 2 is 1.83 bits per heavy atom. The molecule has 1 atom stereocenters. The summed E-state index contributed by atoms with van der Waals surface area (Å²) < 4.78 is 5.10. The standard InChI is InChI=1S/C22H21N3O4/c1-13(23-16-7-6-14-4-3-5-15(14)12-16)19-20(26)24-22(28)25(21(19)27)17-8-10-18(29-2)11-9-17/h6-12,19,23H,1,3-5H2,2H3,(H,24,26,28)/t19-/m1/s1. The van der Waals surface area contributed by atoms with Gasteiger partial charge in [-0.15, -0.1) is 0 Å². The first kappa shape index (κ1) is 18.7. The maximum absolute atomic E-state index is 13.0. The molecular formula is C22H21N3O4. The number of carbonyl (C=O) groups is 3. The molecule has 0 unspecified atom stereocenters. The van der Waals surface area contributed by atoms with Crippen molar-refractivity contribution in [2.75, 3.05) is 17.3 Å². The van der Waals surface area contributed by atoms with Crippen LogP contribution < -0.4 is 20.3 Å². The Hall–Kier alpha value is -3.61. The number of ether oxygens (including phenoxy) is 1. The normalized spacial score (nSPS) is 18.3. The summed E-state index contributed by atoms with van der Waals surface area (Å²) in [6.07, 6.45) is 3.21. The van der Waals surface area contributed by atoms with Crippen LogP contribution in [0.1, 0.15) is 17.5 Å². The second-order valence-electron chi connectivity index (χ2n) is 7.09. The molecule has 0 aromatic heterocycles. The number of methoxy groups -OCH3 is 1. The predicted molar refractivity (Wildman–Crippen MR) is 109 cm³/mol. The van der Waals surface area contributed by atoms with Crippen molar-refractivity contribution >= 4 is 29.2 Å². The summed E-state index contributed by atoms with van der Waals surface area (Å²) in [6.45, 7) is 3.90. The molecule has 0 saturated carbocycles. The van der Waals surface area contributed by atoms with Crippen LogP contribution in [-0.2, 0) is 22.4 Å². The van der Waals surface area contributed by atoms with E-state index in [-0.39, 0.29) is 5.70 Å². The van der Waals surface area contributed by atoms with Crippen LogP contribution in [0.5, 0.6) is 5.75 Å². The number of benzene rings is 2. The second-order valence-corrected chi connectivity index (χ2v) is 7.09. The van der Waals surface area contributed by atoms with Crippen LogP contribution >= 0.6 is 0 Å². The van der Waals surface area contributed by atoms with E-state index in [1.807, 2.05) is 18.2 Å². The number of carbonyl (C=O) groups excluding carboxylic acids is 3. The first-order chi connectivity index (χ1) is 14.0. The van der Waals surface area contributed by atoms with Crippen molar-refractivity contribution in [3.05, 3.63) is 65.9 Å². The minimum Gasteiger partial charge on any atom is -0.497 e. The zero-order valence-corrected chi connectivity index (χ0v) is 16.0. The number of fused-ring (bicyclic) bond motifs is 1. The predicted octanol–water partition coefficient (Wildman–Crippen LogP) is 3.01. The van der Waals surface area contributed by atoms with E-state index in [1.54, 1.807) is 24.3 Å². The summed E-state index contributed by atoms with van der Waals surface area (Å²) in [6, 6.07) is 11.6. The van der Waals surface area contributed by atoms with Crippen molar-refractivity contribution < 1.29 is 19.1 Å². The Bertz CT molecular complexity index is 1010. The highest BCUT2D eigenvalue weighted by atomic mass is 16.5. The van der Waals surface area contributed by atoms with Gasteiger partial charge in [-0.3, -0.25) is 14.9 Å². The average Bonchev–Trinajstić information content (AvgIpc) is 3.16. The Morgan fingerprint density at radius 1 is 1.10 bits per heavy atom. The molecule has 2 aromatic rings. The van der Waals surface area contributed by atoms with Gasteiger partial charge in [0.15, 0.2) is 5.92 Å². The van der Waals surface area contributed by atoms with Crippen molar-refractivity contribution in [1.82, 2.24) is 5.32 Å². The molecule has 29 heavy (non-hydrogen) atoms. The van der Waals surface area contributed by atoms with Crippen LogP contribution in [-0.4, -0.2) is 25.0 Å². The van der Waals surface area contributed by atoms with Crippen molar-refractivity contribution in [3.63, 3.8) is 0 Å². The van der Waals surface area contributed by atoms with Gasteiger partial charge >= 0.3 is 6.03 Å². The number of nitrogens with one attached hydrogen (secondary N) is 2. The number of anilines is 2. The first-order valence-corrected chi connectivity index (χ1v) is 9.38. The molecule has 0 radical (unpaired) electrons. The molecule has 7 heteroatoms. The van der Waals surface area contributed by atoms with Crippen molar-refractivity contribution in [2.24, 2.45) is 5.92 Å². The zero-order chi connectivity index (χ0) is 20.5. The summed E-state index contributed by atoms with van der Waals surface area (Å²) >= 11 is 0. The number of nitrogens with zero attached hydrogens (tertiary/aromatic N) is 1. The van der Waals surface area contributed by atoms with E-state index in [1.165, 1.54) is 18.2 Å². The molecule has 1 heterocycles. The SMILES string of the molecule is C=C(Nc1ccc2c(c1)CCC2)[C@@H]1C(=O)NC(=O)N(c2ccc(OC)cc2)C1=O. The number of hydrogen-bond donors (Lipinski definition) is 2. The Labute approximate surface area is 168 Å². The minimum absolute atomic E-state index is 0.219. The van der Waals surface area contributed by atoms with Gasteiger partial charge in [-0.25, -0.2) is 9.69 Å². The van der Waals surface area contributed by atoms with E-state index in [9.17, 15) is 14.4 Å². The summed E-state index contributed by atoms with van der Waals surface area (Å²) in [5.74, 6) is -1.97. The number of amides is 4. The summed E-state index contributed by atoms with van der Waals surface area (Å²) in [5.41, 5.74) is 3.91. The van der Waals surface area contributed by atoms with Gasteiger partial charge < -0.3 is 10.1 Å². The van der Waals surface area contributed by atoms with E-state index in [4.69, 9.17) is 4.74 Å². The van der Waals surface area contributed by atoms with E-state index in [0.717, 1.165) is 29.8 Å². The average molecular weight is 391 g/mol. The molecule has 0 spiro atoms. The summed E-state index contributed by atoms with van der Waals surface area (Å²) in [5, 5.41) is 5.31. The lowest BCUT2D eigenvalue weighted by Gasteiger charge is -2.31. The molecule has 0 bridgehead atoms. The van der Waals surface area contributed by atoms with Gasteiger partial charge in [0.25, 0.3) is 5.91 Å². The third kappa shape index (κ3) is 3.47. The van der Waals surface area contributed by atoms with Crippen LogP contribution in [0.2, 0.25) is 0 Å². The van der Waals surface area contributed by atoms with Crippen LogP contribution in [0.4, 0.5) is 16.2 Å². The molecule has 1 aliphatic carbocycles. The number of barbiturate groups is 1.